The molecule has 0 atom stereocenters. The number of hydrogen-bond donors (Lipinski definition) is 1. The highest BCUT2D eigenvalue weighted by molar-refractivity contribution is 6.05. The number of piperidine rings is 1. The van der Waals surface area contributed by atoms with Crippen molar-refractivity contribution in [1.82, 2.24) is 0 Å². The van der Waals surface area contributed by atoms with Gasteiger partial charge in [0, 0.05) is 36.5 Å². The number of nitro groups is 1. The lowest BCUT2D eigenvalue weighted by Crippen LogP contribution is -2.33. The number of anilines is 2. The lowest BCUT2D eigenvalue weighted by Gasteiger charge is -2.31. The van der Waals surface area contributed by atoms with Gasteiger partial charge in [0.15, 0.2) is 11.5 Å². The predicted octanol–water partition coefficient (Wildman–Crippen LogP) is 3.85. The van der Waals surface area contributed by atoms with E-state index in [1.165, 1.54) is 6.07 Å². The second-order valence-corrected chi connectivity index (χ2v) is 7.44. The van der Waals surface area contributed by atoms with Gasteiger partial charge in [-0.15, -0.1) is 0 Å². The smallest absolute Gasteiger partial charge is 0.293 e. The molecule has 0 radical (unpaired) electrons. The van der Waals surface area contributed by atoms with Gasteiger partial charge in [-0.3, -0.25) is 14.9 Å². The van der Waals surface area contributed by atoms with Crippen molar-refractivity contribution in [2.75, 3.05) is 36.5 Å². The summed E-state index contributed by atoms with van der Waals surface area (Å²) < 4.78 is 11.0. The first kappa shape index (κ1) is 19.0. The van der Waals surface area contributed by atoms with Crippen LogP contribution < -0.4 is 19.7 Å². The molecule has 0 aliphatic carbocycles. The van der Waals surface area contributed by atoms with Crippen LogP contribution in [0, 0.1) is 16.0 Å². The molecule has 1 saturated heterocycles. The van der Waals surface area contributed by atoms with Crippen molar-refractivity contribution in [3.8, 4) is 11.5 Å². The van der Waals surface area contributed by atoms with E-state index >= 15 is 0 Å². The van der Waals surface area contributed by atoms with Crippen molar-refractivity contribution in [3.63, 3.8) is 0 Å². The Morgan fingerprint density at radius 3 is 2.55 bits per heavy atom. The molecule has 2 aliphatic heterocycles. The van der Waals surface area contributed by atoms with Crippen LogP contribution in [0.3, 0.4) is 0 Å². The van der Waals surface area contributed by atoms with Gasteiger partial charge in [0.2, 0.25) is 0 Å². The number of fused-ring (bicyclic) bond motifs is 1. The normalized spacial score (nSPS) is 16.4. The molecule has 0 bridgehead atoms. The minimum atomic E-state index is -0.422. The van der Waals surface area contributed by atoms with E-state index in [-0.39, 0.29) is 11.3 Å². The number of benzene rings is 2. The first-order chi connectivity index (χ1) is 14.0. The molecule has 0 aromatic heterocycles. The fourth-order valence-corrected chi connectivity index (χ4v) is 3.65. The summed E-state index contributed by atoms with van der Waals surface area (Å²) in [5.74, 6) is 1.41. The number of nitro benzene ring substituents is 1. The molecule has 2 aromatic carbocycles. The molecule has 2 heterocycles. The lowest BCUT2D eigenvalue weighted by molar-refractivity contribution is -0.384. The third-order valence-electron chi connectivity index (χ3n) is 5.36. The molecular weight excluding hydrogens is 374 g/mol. The van der Waals surface area contributed by atoms with Crippen LogP contribution in [0.25, 0.3) is 0 Å². The Morgan fingerprint density at radius 2 is 1.83 bits per heavy atom. The van der Waals surface area contributed by atoms with Crippen LogP contribution in [0.5, 0.6) is 11.5 Å². The number of carbonyl (C=O) groups is 1. The average Bonchev–Trinajstić information content (AvgIpc) is 2.74. The zero-order valence-corrected chi connectivity index (χ0v) is 16.2. The molecule has 0 unspecified atom stereocenters. The van der Waals surface area contributed by atoms with Crippen molar-refractivity contribution in [3.05, 3.63) is 52.1 Å². The van der Waals surface area contributed by atoms with Gasteiger partial charge in [0.1, 0.15) is 18.9 Å². The predicted molar refractivity (Wildman–Crippen MR) is 109 cm³/mol. The van der Waals surface area contributed by atoms with Gasteiger partial charge in [-0.1, -0.05) is 6.92 Å². The van der Waals surface area contributed by atoms with Crippen molar-refractivity contribution in [2.45, 2.75) is 19.8 Å². The zero-order valence-electron chi connectivity index (χ0n) is 16.2. The SMILES string of the molecule is CC1CCN(c2ccc(C(=O)Nc3ccc4c(c3)OCCO4)cc2[N+](=O)[O-])CC1. The van der Waals surface area contributed by atoms with E-state index in [1.54, 1.807) is 30.3 Å². The van der Waals surface area contributed by atoms with Crippen LogP contribution >= 0.6 is 0 Å². The van der Waals surface area contributed by atoms with Crippen LogP contribution in [0.15, 0.2) is 36.4 Å². The zero-order chi connectivity index (χ0) is 20.4. The van der Waals surface area contributed by atoms with Gasteiger partial charge in [-0.05, 0) is 43.0 Å². The van der Waals surface area contributed by atoms with Gasteiger partial charge in [-0.25, -0.2) is 0 Å². The molecule has 4 rings (SSSR count). The molecule has 0 spiro atoms. The van der Waals surface area contributed by atoms with E-state index in [9.17, 15) is 14.9 Å². The van der Waals surface area contributed by atoms with Crippen molar-refractivity contribution >= 4 is 23.0 Å². The summed E-state index contributed by atoms with van der Waals surface area (Å²) in [6.45, 7) is 4.70. The number of ether oxygens (including phenoxy) is 2. The number of hydrogen-bond acceptors (Lipinski definition) is 6. The molecule has 2 aromatic rings. The van der Waals surface area contributed by atoms with Gasteiger partial charge in [-0.2, -0.15) is 0 Å². The first-order valence-electron chi connectivity index (χ1n) is 9.75. The first-order valence-corrected chi connectivity index (χ1v) is 9.75. The highest BCUT2D eigenvalue weighted by Crippen LogP contribution is 2.34. The summed E-state index contributed by atoms with van der Waals surface area (Å²) in [5, 5.41) is 14.4. The summed E-state index contributed by atoms with van der Waals surface area (Å²) in [7, 11) is 0. The minimum absolute atomic E-state index is 0.0469. The standard InChI is InChI=1S/C21H23N3O5/c1-14-6-8-23(9-7-14)17-4-2-15(12-18(17)24(26)27)21(25)22-16-3-5-19-20(13-16)29-11-10-28-19/h2-5,12-14H,6-11H2,1H3,(H,22,25). The van der Waals surface area contributed by atoms with E-state index in [0.29, 0.717) is 42.0 Å². The largest absolute Gasteiger partial charge is 0.486 e. The highest BCUT2D eigenvalue weighted by Gasteiger charge is 2.25. The van der Waals surface area contributed by atoms with Crippen LogP contribution in [0.1, 0.15) is 30.1 Å². The number of amides is 1. The molecule has 1 N–H and O–H groups in total. The highest BCUT2D eigenvalue weighted by atomic mass is 16.6. The summed E-state index contributed by atoms with van der Waals surface area (Å²) in [6, 6.07) is 9.78. The molecule has 29 heavy (non-hydrogen) atoms. The molecule has 8 heteroatoms. The van der Waals surface area contributed by atoms with Gasteiger partial charge < -0.3 is 19.7 Å². The summed E-state index contributed by atoms with van der Waals surface area (Å²) in [4.78, 5) is 25.9. The van der Waals surface area contributed by atoms with Gasteiger partial charge in [0.05, 0.1) is 4.92 Å². The molecule has 1 amide bonds. The Balaban J connectivity index is 1.54. The van der Waals surface area contributed by atoms with Crippen molar-refractivity contribution < 1.29 is 19.2 Å². The number of carbonyl (C=O) groups excluding carboxylic acids is 1. The maximum absolute atomic E-state index is 12.7. The quantitative estimate of drug-likeness (QED) is 0.622. The van der Waals surface area contributed by atoms with Crippen LogP contribution in [-0.4, -0.2) is 37.1 Å². The third kappa shape index (κ3) is 4.11. The van der Waals surface area contributed by atoms with Crippen molar-refractivity contribution in [1.29, 1.82) is 0 Å². The Bertz CT molecular complexity index is 938. The van der Waals surface area contributed by atoms with Crippen LogP contribution in [0.2, 0.25) is 0 Å². The minimum Gasteiger partial charge on any atom is -0.486 e. The number of nitrogens with zero attached hydrogens (tertiary/aromatic N) is 2. The monoisotopic (exact) mass is 397 g/mol. The summed E-state index contributed by atoms with van der Waals surface area (Å²) in [6.07, 6.45) is 2.01. The Morgan fingerprint density at radius 1 is 1.10 bits per heavy atom. The topological polar surface area (TPSA) is 93.9 Å². The molecule has 1 fully saturated rings. The Labute approximate surface area is 168 Å². The van der Waals surface area contributed by atoms with E-state index < -0.39 is 10.8 Å². The number of rotatable bonds is 4. The fraction of sp³-hybridized carbons (Fsp3) is 0.381. The van der Waals surface area contributed by atoms with Gasteiger partial charge in [0.25, 0.3) is 11.6 Å². The lowest BCUT2D eigenvalue weighted by atomic mass is 9.98. The van der Waals surface area contributed by atoms with Crippen LogP contribution in [-0.2, 0) is 0 Å². The second kappa shape index (κ2) is 7.98. The summed E-state index contributed by atoms with van der Waals surface area (Å²) in [5.41, 5.74) is 1.30. The van der Waals surface area contributed by atoms with E-state index in [1.807, 2.05) is 4.90 Å². The maximum Gasteiger partial charge on any atom is 0.293 e. The van der Waals surface area contributed by atoms with Crippen LogP contribution in [0.4, 0.5) is 17.1 Å². The molecule has 2 aliphatic rings. The molecule has 0 saturated carbocycles. The maximum atomic E-state index is 12.7. The fourth-order valence-electron chi connectivity index (χ4n) is 3.65. The van der Waals surface area contributed by atoms with Gasteiger partial charge >= 0.3 is 0 Å². The molecule has 152 valence electrons. The Hall–Kier alpha value is -3.29. The second-order valence-electron chi connectivity index (χ2n) is 7.44. The van der Waals surface area contributed by atoms with Crippen molar-refractivity contribution in [2.24, 2.45) is 5.92 Å². The Kier molecular flexibility index (Phi) is 5.24. The average molecular weight is 397 g/mol. The third-order valence-corrected chi connectivity index (χ3v) is 5.36. The molecular formula is C21H23N3O5. The summed E-state index contributed by atoms with van der Waals surface area (Å²) >= 11 is 0. The van der Waals surface area contributed by atoms with E-state index in [2.05, 4.69) is 12.2 Å². The number of nitrogens with one attached hydrogen (secondary N) is 1. The molecule has 8 nitrogen and oxygen atoms in total. The van der Waals surface area contributed by atoms with E-state index in [0.717, 1.165) is 25.9 Å². The van der Waals surface area contributed by atoms with E-state index in [4.69, 9.17) is 9.47 Å².